The average Bonchev–Trinajstić information content (AvgIpc) is 3.35. The fraction of sp³-hybridized carbons (Fsp3) is 0.444. The second-order valence-corrected chi connectivity index (χ2v) is 8.78. The number of ether oxygens (including phenoxy) is 3. The minimum absolute atomic E-state index is 0.0704. The number of hydrogen-bond donors (Lipinski definition) is 0. The number of rotatable bonds is 8. The van der Waals surface area contributed by atoms with Crippen LogP contribution in [0.5, 0.6) is 11.5 Å². The lowest BCUT2D eigenvalue weighted by Crippen LogP contribution is -2.43. The molecule has 2 heterocycles. The number of likely N-dealkylation sites (tertiary alicyclic amines) is 1. The molecule has 1 fully saturated rings. The molecule has 2 aromatic rings. The Balaban J connectivity index is 1.52. The van der Waals surface area contributed by atoms with Gasteiger partial charge < -0.3 is 14.2 Å². The van der Waals surface area contributed by atoms with Crippen LogP contribution in [0.4, 0.5) is 0 Å². The van der Waals surface area contributed by atoms with Crippen molar-refractivity contribution in [1.82, 2.24) is 9.91 Å². The Morgan fingerprint density at radius 1 is 1.00 bits per heavy atom. The van der Waals surface area contributed by atoms with Gasteiger partial charge in [0.25, 0.3) is 5.91 Å². The fourth-order valence-electron chi connectivity index (χ4n) is 4.73. The van der Waals surface area contributed by atoms with Gasteiger partial charge in [-0.25, -0.2) is 5.01 Å². The summed E-state index contributed by atoms with van der Waals surface area (Å²) in [6.45, 7) is 3.82. The van der Waals surface area contributed by atoms with Crippen LogP contribution in [0, 0.1) is 5.92 Å². The van der Waals surface area contributed by atoms with Crippen LogP contribution in [-0.2, 0) is 14.3 Å². The van der Waals surface area contributed by atoms with Crippen LogP contribution in [0.1, 0.15) is 43.4 Å². The van der Waals surface area contributed by atoms with Gasteiger partial charge in [-0.05, 0) is 68.8 Å². The number of esters is 1. The number of hydrogen-bond acceptors (Lipinski definition) is 7. The minimum atomic E-state index is -0.257. The molecule has 8 nitrogen and oxygen atoms in total. The van der Waals surface area contributed by atoms with Crippen LogP contribution in [0.15, 0.2) is 53.6 Å². The summed E-state index contributed by atoms with van der Waals surface area (Å²) in [6.07, 6.45) is 1.98. The first kappa shape index (κ1) is 24.7. The van der Waals surface area contributed by atoms with Crippen LogP contribution in [-0.4, -0.2) is 68.0 Å². The van der Waals surface area contributed by atoms with Gasteiger partial charge >= 0.3 is 5.97 Å². The molecule has 0 unspecified atom stereocenters. The predicted octanol–water partition coefficient (Wildman–Crippen LogP) is 3.66. The molecule has 2 aliphatic heterocycles. The third-order valence-electron chi connectivity index (χ3n) is 6.65. The molecule has 0 N–H and O–H groups in total. The number of methoxy groups -OCH3 is 2. The number of amides is 1. The van der Waals surface area contributed by atoms with Crippen molar-refractivity contribution >= 4 is 17.6 Å². The molecule has 186 valence electrons. The maximum atomic E-state index is 13.5. The molecule has 0 bridgehead atoms. The van der Waals surface area contributed by atoms with Crippen molar-refractivity contribution < 1.29 is 23.8 Å². The van der Waals surface area contributed by atoms with Crippen LogP contribution < -0.4 is 9.47 Å². The van der Waals surface area contributed by atoms with Crippen molar-refractivity contribution in [2.45, 2.75) is 32.2 Å². The maximum absolute atomic E-state index is 13.5. The highest BCUT2D eigenvalue weighted by atomic mass is 16.5. The standard InChI is InChI=1S/C27H33N3O5/c1-4-35-27(32)20-13-15-29(16-14-20)18-26(31)30-24(22-7-5-6-8-25(22)34-3)17-23(28-30)19-9-11-21(33-2)12-10-19/h5-12,20,24H,4,13-18H2,1-3H3/t24-/m1/s1. The van der Waals surface area contributed by atoms with Gasteiger partial charge in [0.1, 0.15) is 11.5 Å². The van der Waals surface area contributed by atoms with Crippen LogP contribution in [0.3, 0.4) is 0 Å². The maximum Gasteiger partial charge on any atom is 0.309 e. The molecule has 2 aliphatic rings. The Morgan fingerprint density at radius 3 is 2.37 bits per heavy atom. The Bertz CT molecular complexity index is 1060. The van der Waals surface area contributed by atoms with Crippen molar-refractivity contribution in [3.8, 4) is 11.5 Å². The summed E-state index contributed by atoms with van der Waals surface area (Å²) < 4.78 is 16.0. The van der Waals surface area contributed by atoms with E-state index in [1.807, 2.05) is 55.5 Å². The Hall–Kier alpha value is -3.39. The quantitative estimate of drug-likeness (QED) is 0.538. The summed E-state index contributed by atoms with van der Waals surface area (Å²) in [5.41, 5.74) is 2.73. The van der Waals surface area contributed by atoms with E-state index in [0.717, 1.165) is 28.3 Å². The molecule has 2 aromatic carbocycles. The van der Waals surface area contributed by atoms with E-state index in [2.05, 4.69) is 4.90 Å². The highest BCUT2D eigenvalue weighted by Crippen LogP contribution is 2.37. The van der Waals surface area contributed by atoms with Gasteiger partial charge in [0, 0.05) is 12.0 Å². The normalized spacial score (nSPS) is 18.8. The van der Waals surface area contributed by atoms with Gasteiger partial charge in [0.05, 0.1) is 45.0 Å². The van der Waals surface area contributed by atoms with Crippen molar-refractivity contribution in [1.29, 1.82) is 0 Å². The molecule has 0 aromatic heterocycles. The smallest absolute Gasteiger partial charge is 0.309 e. The summed E-state index contributed by atoms with van der Waals surface area (Å²) in [4.78, 5) is 27.7. The largest absolute Gasteiger partial charge is 0.497 e. The summed E-state index contributed by atoms with van der Waals surface area (Å²) >= 11 is 0. The first-order chi connectivity index (χ1) is 17.0. The molecule has 0 aliphatic carbocycles. The van der Waals surface area contributed by atoms with Crippen molar-refractivity contribution in [2.75, 3.05) is 40.5 Å². The molecule has 0 spiro atoms. The number of benzene rings is 2. The van der Waals surface area contributed by atoms with Gasteiger partial charge in [0.2, 0.25) is 0 Å². The first-order valence-electron chi connectivity index (χ1n) is 12.1. The van der Waals surface area contributed by atoms with Crippen molar-refractivity contribution in [2.24, 2.45) is 11.0 Å². The van der Waals surface area contributed by atoms with Crippen molar-refractivity contribution in [3.05, 3.63) is 59.7 Å². The molecule has 1 saturated heterocycles. The number of piperidine rings is 1. The van der Waals surface area contributed by atoms with Gasteiger partial charge in [-0.15, -0.1) is 0 Å². The van der Waals surface area contributed by atoms with E-state index in [1.165, 1.54) is 0 Å². The second-order valence-electron chi connectivity index (χ2n) is 8.78. The monoisotopic (exact) mass is 479 g/mol. The molecular formula is C27H33N3O5. The van der Waals surface area contributed by atoms with E-state index in [1.54, 1.807) is 19.2 Å². The van der Waals surface area contributed by atoms with Gasteiger partial charge in [-0.3, -0.25) is 14.5 Å². The Labute approximate surface area is 206 Å². The lowest BCUT2D eigenvalue weighted by molar-refractivity contribution is -0.149. The molecule has 0 radical (unpaired) electrons. The molecule has 4 rings (SSSR count). The van der Waals surface area contributed by atoms with E-state index in [0.29, 0.717) is 39.0 Å². The van der Waals surface area contributed by atoms with Crippen LogP contribution in [0.2, 0.25) is 0 Å². The van der Waals surface area contributed by atoms with Gasteiger partial charge in [0.15, 0.2) is 0 Å². The number of carbonyl (C=O) groups excluding carboxylic acids is 2. The zero-order valence-electron chi connectivity index (χ0n) is 20.6. The minimum Gasteiger partial charge on any atom is -0.497 e. The zero-order valence-corrected chi connectivity index (χ0v) is 20.6. The molecular weight excluding hydrogens is 446 g/mol. The van der Waals surface area contributed by atoms with E-state index >= 15 is 0 Å². The lowest BCUT2D eigenvalue weighted by atomic mass is 9.96. The lowest BCUT2D eigenvalue weighted by Gasteiger charge is -2.32. The van der Waals surface area contributed by atoms with Gasteiger partial charge in [-0.2, -0.15) is 5.10 Å². The number of carbonyl (C=O) groups is 2. The van der Waals surface area contributed by atoms with E-state index in [9.17, 15) is 9.59 Å². The summed E-state index contributed by atoms with van der Waals surface area (Å²) in [7, 11) is 3.27. The molecule has 8 heteroatoms. The van der Waals surface area contributed by atoms with Gasteiger partial charge in [-0.1, -0.05) is 18.2 Å². The fourth-order valence-corrected chi connectivity index (χ4v) is 4.73. The SMILES string of the molecule is CCOC(=O)C1CCN(CC(=O)N2N=C(c3ccc(OC)cc3)C[C@@H]2c2ccccc2OC)CC1. The molecule has 35 heavy (non-hydrogen) atoms. The van der Waals surface area contributed by atoms with Crippen LogP contribution in [0.25, 0.3) is 0 Å². The summed E-state index contributed by atoms with van der Waals surface area (Å²) in [5, 5.41) is 6.39. The second kappa shape index (κ2) is 11.4. The summed E-state index contributed by atoms with van der Waals surface area (Å²) in [5.74, 6) is 1.21. The molecule has 1 amide bonds. The number of hydrazone groups is 1. The zero-order chi connectivity index (χ0) is 24.8. The highest BCUT2D eigenvalue weighted by Gasteiger charge is 2.36. The number of nitrogens with zero attached hydrogens (tertiary/aromatic N) is 3. The first-order valence-corrected chi connectivity index (χ1v) is 12.1. The molecule has 1 atom stereocenters. The van der Waals surface area contributed by atoms with Crippen LogP contribution >= 0.6 is 0 Å². The number of para-hydroxylation sites is 1. The van der Waals surface area contributed by atoms with Crippen molar-refractivity contribution in [3.63, 3.8) is 0 Å². The Morgan fingerprint density at radius 2 is 1.71 bits per heavy atom. The third-order valence-corrected chi connectivity index (χ3v) is 6.65. The average molecular weight is 480 g/mol. The van der Waals surface area contributed by atoms with E-state index in [-0.39, 0.29) is 30.4 Å². The Kier molecular flexibility index (Phi) is 8.02. The highest BCUT2D eigenvalue weighted by molar-refractivity contribution is 6.03. The topological polar surface area (TPSA) is 80.7 Å². The van der Waals surface area contributed by atoms with E-state index in [4.69, 9.17) is 19.3 Å². The van der Waals surface area contributed by atoms with E-state index < -0.39 is 0 Å². The summed E-state index contributed by atoms with van der Waals surface area (Å²) in [6, 6.07) is 15.2. The molecule has 0 saturated carbocycles. The third kappa shape index (κ3) is 5.65. The predicted molar refractivity (Wildman–Crippen MR) is 133 cm³/mol.